The summed E-state index contributed by atoms with van der Waals surface area (Å²) in [5.74, 6) is -0.109. The highest BCUT2D eigenvalue weighted by molar-refractivity contribution is 7.89. The molecular formula is C20H25N3O4S. The highest BCUT2D eigenvalue weighted by atomic mass is 32.2. The molecule has 3 rings (SSSR count). The second-order valence-electron chi connectivity index (χ2n) is 7.24. The van der Waals surface area contributed by atoms with Crippen molar-refractivity contribution in [3.63, 3.8) is 0 Å². The number of nitrogens with zero attached hydrogens (tertiary/aromatic N) is 2. The number of benzene rings is 1. The van der Waals surface area contributed by atoms with E-state index in [0.717, 1.165) is 5.56 Å². The number of sulfonamides is 1. The molecule has 0 spiro atoms. The van der Waals surface area contributed by atoms with Crippen molar-refractivity contribution in [1.29, 1.82) is 0 Å². The number of likely N-dealkylation sites (tertiary alicyclic amines) is 1. The molecule has 0 unspecified atom stereocenters. The molecule has 7 nitrogen and oxygen atoms in total. The van der Waals surface area contributed by atoms with E-state index < -0.39 is 10.0 Å². The molecule has 0 aliphatic carbocycles. The van der Waals surface area contributed by atoms with E-state index >= 15 is 0 Å². The van der Waals surface area contributed by atoms with Gasteiger partial charge in [-0.05, 0) is 49.9 Å². The summed E-state index contributed by atoms with van der Waals surface area (Å²) in [6.45, 7) is 3.26. The molecule has 1 amide bonds. The van der Waals surface area contributed by atoms with Crippen molar-refractivity contribution < 1.29 is 13.2 Å². The van der Waals surface area contributed by atoms with E-state index in [2.05, 4.69) is 4.72 Å². The first-order chi connectivity index (χ1) is 13.3. The number of pyridine rings is 1. The van der Waals surface area contributed by atoms with Gasteiger partial charge < -0.3 is 9.47 Å². The second-order valence-corrected chi connectivity index (χ2v) is 9.01. The molecule has 1 fully saturated rings. The molecule has 1 saturated heterocycles. The molecular weight excluding hydrogens is 378 g/mol. The summed E-state index contributed by atoms with van der Waals surface area (Å²) >= 11 is 0. The predicted molar refractivity (Wildman–Crippen MR) is 107 cm³/mol. The van der Waals surface area contributed by atoms with Crippen LogP contribution < -0.4 is 10.3 Å². The van der Waals surface area contributed by atoms with Crippen LogP contribution in [0.2, 0.25) is 0 Å². The van der Waals surface area contributed by atoms with Gasteiger partial charge in [-0.3, -0.25) is 9.59 Å². The number of hydrogen-bond acceptors (Lipinski definition) is 4. The monoisotopic (exact) mass is 403 g/mol. The fourth-order valence-corrected chi connectivity index (χ4v) is 4.42. The van der Waals surface area contributed by atoms with Gasteiger partial charge in [0.1, 0.15) is 5.56 Å². The Hall–Kier alpha value is -2.45. The molecule has 1 aliphatic heterocycles. The first kappa shape index (κ1) is 20.3. The summed E-state index contributed by atoms with van der Waals surface area (Å²) in [5, 5.41) is 0. The Bertz CT molecular complexity index is 1000. The van der Waals surface area contributed by atoms with Crippen LogP contribution in [0.5, 0.6) is 0 Å². The fraction of sp³-hybridized carbons (Fsp3) is 0.400. The average Bonchev–Trinajstić information content (AvgIpc) is 2.69. The lowest BCUT2D eigenvalue weighted by Gasteiger charge is -2.32. The zero-order valence-electron chi connectivity index (χ0n) is 16.1. The third-order valence-electron chi connectivity index (χ3n) is 5.15. The van der Waals surface area contributed by atoms with Crippen LogP contribution in [0.1, 0.15) is 28.8 Å². The van der Waals surface area contributed by atoms with Crippen LogP contribution in [0.15, 0.2) is 52.3 Å². The lowest BCUT2D eigenvalue weighted by molar-refractivity contribution is 0.0689. The van der Waals surface area contributed by atoms with Gasteiger partial charge in [0.25, 0.3) is 11.5 Å². The molecule has 2 aromatic rings. The van der Waals surface area contributed by atoms with Crippen LogP contribution in [0.3, 0.4) is 0 Å². The Labute approximate surface area is 165 Å². The molecule has 8 heteroatoms. The summed E-state index contributed by atoms with van der Waals surface area (Å²) in [5.41, 5.74) is 0.869. The first-order valence-corrected chi connectivity index (χ1v) is 10.8. The van der Waals surface area contributed by atoms with Gasteiger partial charge in [0.15, 0.2) is 0 Å². The number of amides is 1. The van der Waals surface area contributed by atoms with Gasteiger partial charge in [0.05, 0.1) is 4.90 Å². The van der Waals surface area contributed by atoms with Crippen LogP contribution in [-0.2, 0) is 17.1 Å². The predicted octanol–water partition coefficient (Wildman–Crippen LogP) is 1.52. The third-order valence-corrected chi connectivity index (χ3v) is 6.59. The smallest absolute Gasteiger partial charge is 0.263 e. The lowest BCUT2D eigenvalue weighted by atomic mass is 9.97. The minimum Gasteiger partial charge on any atom is -0.338 e. The molecule has 0 bridgehead atoms. The van der Waals surface area contributed by atoms with Gasteiger partial charge >= 0.3 is 0 Å². The molecule has 0 radical (unpaired) electrons. The van der Waals surface area contributed by atoms with Gasteiger partial charge in [-0.1, -0.05) is 17.7 Å². The minimum absolute atomic E-state index is 0.155. The molecule has 1 aliphatic rings. The van der Waals surface area contributed by atoms with Gasteiger partial charge in [-0.2, -0.15) is 0 Å². The summed E-state index contributed by atoms with van der Waals surface area (Å²) in [4.78, 5) is 26.7. The average molecular weight is 404 g/mol. The number of hydrogen-bond donors (Lipinski definition) is 1. The van der Waals surface area contributed by atoms with Gasteiger partial charge in [-0.15, -0.1) is 0 Å². The van der Waals surface area contributed by atoms with Crippen molar-refractivity contribution in [2.45, 2.75) is 24.7 Å². The number of piperidine rings is 1. The van der Waals surface area contributed by atoms with E-state index in [1.165, 1.54) is 4.57 Å². The Morgan fingerprint density at radius 2 is 1.79 bits per heavy atom. The molecule has 28 heavy (non-hydrogen) atoms. The topological polar surface area (TPSA) is 88.5 Å². The van der Waals surface area contributed by atoms with E-state index in [0.29, 0.717) is 32.5 Å². The van der Waals surface area contributed by atoms with E-state index in [1.807, 2.05) is 6.92 Å². The summed E-state index contributed by atoms with van der Waals surface area (Å²) in [6.07, 6.45) is 3.00. The number of aromatic nitrogens is 1. The van der Waals surface area contributed by atoms with Crippen molar-refractivity contribution in [3.8, 4) is 0 Å². The maximum Gasteiger partial charge on any atom is 0.263 e. The molecule has 0 saturated carbocycles. The summed E-state index contributed by atoms with van der Waals surface area (Å²) < 4.78 is 28.9. The van der Waals surface area contributed by atoms with Crippen LogP contribution in [0, 0.1) is 12.8 Å². The quantitative estimate of drug-likeness (QED) is 0.820. The summed E-state index contributed by atoms with van der Waals surface area (Å²) in [6, 6.07) is 9.96. The molecule has 1 aromatic heterocycles. The standard InChI is InChI=1S/C20H25N3O4S/c1-15-5-7-17(8-6-15)28(26,27)21-14-16-9-12-23(13-10-16)20(25)18-4-3-11-22(2)19(18)24/h3-8,11,16,21H,9-10,12-14H2,1-2H3. The molecule has 0 atom stereocenters. The molecule has 2 heterocycles. The largest absolute Gasteiger partial charge is 0.338 e. The molecule has 1 aromatic carbocycles. The second kappa shape index (κ2) is 8.28. The fourth-order valence-electron chi connectivity index (χ4n) is 3.30. The van der Waals surface area contributed by atoms with Gasteiger partial charge in [-0.25, -0.2) is 13.1 Å². The maximum absolute atomic E-state index is 12.6. The number of carbonyl (C=O) groups is 1. The van der Waals surface area contributed by atoms with Crippen LogP contribution in [0.4, 0.5) is 0 Å². The van der Waals surface area contributed by atoms with E-state index in [1.54, 1.807) is 54.5 Å². The normalized spacial score (nSPS) is 15.6. The Morgan fingerprint density at radius 1 is 1.14 bits per heavy atom. The van der Waals surface area contributed by atoms with Gasteiger partial charge in [0.2, 0.25) is 10.0 Å². The lowest BCUT2D eigenvalue weighted by Crippen LogP contribution is -2.43. The first-order valence-electron chi connectivity index (χ1n) is 9.29. The number of rotatable bonds is 5. The van der Waals surface area contributed by atoms with E-state index in [-0.39, 0.29) is 27.8 Å². The highest BCUT2D eigenvalue weighted by Crippen LogP contribution is 2.19. The molecule has 1 N–H and O–H groups in total. The minimum atomic E-state index is -3.53. The van der Waals surface area contributed by atoms with E-state index in [9.17, 15) is 18.0 Å². The Kier molecular flexibility index (Phi) is 6.00. The SMILES string of the molecule is Cc1ccc(S(=O)(=O)NCC2CCN(C(=O)c3cccn(C)c3=O)CC2)cc1. The van der Waals surface area contributed by atoms with Crippen molar-refractivity contribution in [2.24, 2.45) is 13.0 Å². The van der Waals surface area contributed by atoms with Gasteiger partial charge in [0, 0.05) is 32.9 Å². The Morgan fingerprint density at radius 3 is 2.43 bits per heavy atom. The van der Waals surface area contributed by atoms with Crippen molar-refractivity contribution in [3.05, 3.63) is 64.1 Å². The number of nitrogens with one attached hydrogen (secondary N) is 1. The van der Waals surface area contributed by atoms with Crippen LogP contribution in [0.25, 0.3) is 0 Å². The van der Waals surface area contributed by atoms with Crippen molar-refractivity contribution >= 4 is 15.9 Å². The van der Waals surface area contributed by atoms with Crippen LogP contribution >= 0.6 is 0 Å². The van der Waals surface area contributed by atoms with E-state index in [4.69, 9.17) is 0 Å². The highest BCUT2D eigenvalue weighted by Gasteiger charge is 2.26. The maximum atomic E-state index is 12.6. The molecule has 150 valence electrons. The number of aryl methyl sites for hydroxylation is 2. The van der Waals surface area contributed by atoms with Crippen molar-refractivity contribution in [1.82, 2.24) is 14.2 Å². The zero-order chi connectivity index (χ0) is 20.3. The zero-order valence-corrected chi connectivity index (χ0v) is 16.9. The van der Waals surface area contributed by atoms with Crippen LogP contribution in [-0.4, -0.2) is 43.4 Å². The summed E-state index contributed by atoms with van der Waals surface area (Å²) in [7, 11) is -1.92. The number of carbonyl (C=O) groups excluding carboxylic acids is 1. The van der Waals surface area contributed by atoms with Crippen molar-refractivity contribution in [2.75, 3.05) is 19.6 Å². The Balaban J connectivity index is 1.55. The third kappa shape index (κ3) is 4.51.